The average Bonchev–Trinajstić information content (AvgIpc) is 2.77. The molecule has 1 aliphatic heterocycles. The summed E-state index contributed by atoms with van der Waals surface area (Å²) in [5, 5.41) is 1.22. The molecule has 1 heterocycles. The lowest BCUT2D eigenvalue weighted by molar-refractivity contribution is 0.267. The van der Waals surface area contributed by atoms with Gasteiger partial charge in [-0.1, -0.05) is 75.6 Å². The Morgan fingerprint density at radius 3 is 1.50 bits per heavy atom. The van der Waals surface area contributed by atoms with Crippen molar-refractivity contribution in [1.82, 2.24) is 0 Å². The third-order valence-corrected chi connectivity index (χ3v) is 9.53. The van der Waals surface area contributed by atoms with E-state index in [0.717, 1.165) is 73.6 Å². The summed E-state index contributed by atoms with van der Waals surface area (Å²) in [6, 6.07) is 7.51. The predicted octanol–water partition coefficient (Wildman–Crippen LogP) is 8.90. The molecule has 0 aromatic heterocycles. The topological polar surface area (TPSA) is 55.8 Å². The lowest BCUT2D eigenvalue weighted by atomic mass is 9.69. The number of phosphoric acid groups is 1. The summed E-state index contributed by atoms with van der Waals surface area (Å²) >= 11 is 13.2. The first-order valence-corrected chi connectivity index (χ1v) is 14.7. The van der Waals surface area contributed by atoms with Gasteiger partial charge < -0.3 is 9.05 Å². The Labute approximate surface area is 212 Å². The van der Waals surface area contributed by atoms with Crippen molar-refractivity contribution in [3.05, 3.63) is 56.6 Å². The van der Waals surface area contributed by atoms with E-state index in [4.69, 9.17) is 32.2 Å². The minimum absolute atomic E-state index is 0.162. The Balaban J connectivity index is 1.68. The first-order chi connectivity index (χ1) is 16.1. The number of halogens is 2. The summed E-state index contributed by atoms with van der Waals surface area (Å²) in [6.07, 6.45) is 11.3. The van der Waals surface area contributed by atoms with Gasteiger partial charge in [-0.05, 0) is 60.8 Å². The molecule has 0 atom stereocenters. The predicted molar refractivity (Wildman–Crippen MR) is 138 cm³/mol. The normalized spacial score (nSPS) is 22.9. The fourth-order valence-corrected chi connectivity index (χ4v) is 7.74. The molecule has 5 rings (SSSR count). The lowest BCUT2D eigenvalue weighted by Crippen LogP contribution is -2.28. The number of hydrogen-bond donors (Lipinski definition) is 1. The maximum atomic E-state index is 13.4. The van der Waals surface area contributed by atoms with Crippen molar-refractivity contribution in [3.63, 3.8) is 0 Å². The molecule has 0 spiro atoms. The molecule has 3 aliphatic rings. The van der Waals surface area contributed by atoms with E-state index < -0.39 is 7.82 Å². The van der Waals surface area contributed by atoms with Gasteiger partial charge in [0, 0.05) is 38.7 Å². The molecule has 0 bridgehead atoms. The quantitative estimate of drug-likeness (QED) is 0.400. The van der Waals surface area contributed by atoms with Crippen LogP contribution in [-0.4, -0.2) is 4.89 Å². The van der Waals surface area contributed by atoms with E-state index in [9.17, 15) is 9.46 Å². The number of rotatable bonds is 2. The Kier molecular flexibility index (Phi) is 6.51. The summed E-state index contributed by atoms with van der Waals surface area (Å²) in [6.45, 7) is 4.41. The maximum absolute atomic E-state index is 13.4. The van der Waals surface area contributed by atoms with Gasteiger partial charge in [0.25, 0.3) is 0 Å². The van der Waals surface area contributed by atoms with Gasteiger partial charge in [0.15, 0.2) is 0 Å². The van der Waals surface area contributed by atoms with Gasteiger partial charge in [0.2, 0.25) is 0 Å². The second-order valence-corrected chi connectivity index (χ2v) is 13.1. The molecule has 2 aromatic rings. The molecule has 184 valence electrons. The second kappa shape index (κ2) is 9.04. The van der Waals surface area contributed by atoms with Gasteiger partial charge in [0.05, 0.1) is 0 Å². The van der Waals surface area contributed by atoms with Crippen LogP contribution in [0.4, 0.5) is 0 Å². The van der Waals surface area contributed by atoms with Gasteiger partial charge in [-0.25, -0.2) is 4.57 Å². The van der Waals surface area contributed by atoms with E-state index in [-0.39, 0.29) is 10.8 Å². The van der Waals surface area contributed by atoms with E-state index in [1.54, 1.807) is 0 Å². The van der Waals surface area contributed by atoms with Gasteiger partial charge in [-0.2, -0.15) is 0 Å². The highest BCUT2D eigenvalue weighted by Gasteiger charge is 2.40. The third kappa shape index (κ3) is 4.64. The molecule has 2 aliphatic carbocycles. The zero-order valence-corrected chi connectivity index (χ0v) is 22.4. The minimum atomic E-state index is -4.45. The van der Waals surface area contributed by atoms with Gasteiger partial charge in [0.1, 0.15) is 11.5 Å². The number of fused-ring (bicyclic) bond motifs is 2. The van der Waals surface area contributed by atoms with Crippen LogP contribution in [0.5, 0.6) is 11.5 Å². The molecule has 0 unspecified atom stereocenters. The van der Waals surface area contributed by atoms with Crippen LogP contribution in [0.25, 0.3) is 0 Å². The van der Waals surface area contributed by atoms with Crippen molar-refractivity contribution in [2.45, 2.75) is 95.3 Å². The highest BCUT2D eigenvalue weighted by Crippen LogP contribution is 2.56. The van der Waals surface area contributed by atoms with Gasteiger partial charge >= 0.3 is 7.82 Å². The van der Waals surface area contributed by atoms with E-state index in [1.807, 2.05) is 24.3 Å². The first-order valence-electron chi connectivity index (χ1n) is 12.5. The zero-order valence-electron chi connectivity index (χ0n) is 20.0. The Morgan fingerprint density at radius 1 is 0.735 bits per heavy atom. The minimum Gasteiger partial charge on any atom is -0.395 e. The molecule has 0 amide bonds. The van der Waals surface area contributed by atoms with Crippen LogP contribution < -0.4 is 9.05 Å². The molecule has 34 heavy (non-hydrogen) atoms. The van der Waals surface area contributed by atoms with Crippen LogP contribution in [0.2, 0.25) is 10.0 Å². The first kappa shape index (κ1) is 24.5. The van der Waals surface area contributed by atoms with Crippen molar-refractivity contribution in [3.8, 4) is 11.5 Å². The Morgan fingerprint density at radius 2 is 1.12 bits per heavy atom. The largest absolute Gasteiger partial charge is 0.584 e. The number of phosphoric ester groups is 1. The SMILES string of the molecule is CC1(c2cc(Cl)cc3c2OP(=O)(O)Oc2c(cc(Cl)cc2C2(C)CCCCC2)C3)CCCCC1. The molecular formula is C27H33Cl2O4P. The fraction of sp³-hybridized carbons (Fsp3) is 0.556. The summed E-state index contributed by atoms with van der Waals surface area (Å²) in [4.78, 5) is 11.0. The van der Waals surface area contributed by atoms with Crippen LogP contribution in [0, 0.1) is 0 Å². The van der Waals surface area contributed by atoms with Crippen molar-refractivity contribution < 1.29 is 18.5 Å². The highest BCUT2D eigenvalue weighted by atomic mass is 35.5. The summed E-state index contributed by atoms with van der Waals surface area (Å²) in [5.74, 6) is 0.881. The van der Waals surface area contributed by atoms with E-state index in [0.29, 0.717) is 28.0 Å². The summed E-state index contributed by atoms with van der Waals surface area (Å²) in [7, 11) is -4.45. The molecular weight excluding hydrogens is 490 g/mol. The van der Waals surface area contributed by atoms with Gasteiger partial charge in [-0.15, -0.1) is 0 Å². The van der Waals surface area contributed by atoms with Crippen LogP contribution in [-0.2, 0) is 21.8 Å². The zero-order chi connectivity index (χ0) is 24.1. The van der Waals surface area contributed by atoms with Crippen molar-refractivity contribution in [2.24, 2.45) is 0 Å². The van der Waals surface area contributed by atoms with Crippen molar-refractivity contribution in [1.29, 1.82) is 0 Å². The van der Waals surface area contributed by atoms with Crippen LogP contribution in [0.1, 0.15) is 100 Å². The third-order valence-electron chi connectivity index (χ3n) is 8.27. The van der Waals surface area contributed by atoms with E-state index in [1.165, 1.54) is 12.8 Å². The summed E-state index contributed by atoms with van der Waals surface area (Å²) < 4.78 is 25.2. The van der Waals surface area contributed by atoms with Gasteiger partial charge in [-0.3, -0.25) is 4.89 Å². The smallest absolute Gasteiger partial charge is 0.395 e. The van der Waals surface area contributed by atoms with E-state index in [2.05, 4.69) is 13.8 Å². The number of benzene rings is 2. The monoisotopic (exact) mass is 522 g/mol. The van der Waals surface area contributed by atoms with Crippen LogP contribution in [0.15, 0.2) is 24.3 Å². The molecule has 2 fully saturated rings. The molecule has 7 heteroatoms. The fourth-order valence-electron chi connectivity index (χ4n) is 6.33. The Bertz CT molecular complexity index is 1060. The van der Waals surface area contributed by atoms with Crippen LogP contribution in [0.3, 0.4) is 0 Å². The summed E-state index contributed by atoms with van der Waals surface area (Å²) in [5.41, 5.74) is 3.08. The number of hydrogen-bond acceptors (Lipinski definition) is 3. The molecule has 1 N–H and O–H groups in total. The van der Waals surface area contributed by atoms with Crippen molar-refractivity contribution in [2.75, 3.05) is 0 Å². The molecule has 4 nitrogen and oxygen atoms in total. The van der Waals surface area contributed by atoms with E-state index >= 15 is 0 Å². The lowest BCUT2D eigenvalue weighted by Gasteiger charge is -2.38. The standard InChI is InChI=1S/C27H33Cl2O4P/c1-26(9-5-3-6-10-26)22-16-20(28)14-18-13-19-15-21(29)17-23(27(2)11-7-4-8-12-27)25(19)33-34(30,31)32-24(18)22/h14-17H,3-13H2,1-2H3,(H,30,31). The molecule has 0 saturated heterocycles. The Hall–Kier alpha value is -1.19. The van der Waals surface area contributed by atoms with Crippen molar-refractivity contribution >= 4 is 31.0 Å². The molecule has 2 aromatic carbocycles. The average molecular weight is 523 g/mol. The maximum Gasteiger partial charge on any atom is 0.584 e. The molecule has 2 saturated carbocycles. The highest BCUT2D eigenvalue weighted by molar-refractivity contribution is 7.48. The molecule has 0 radical (unpaired) electrons. The second-order valence-electron chi connectivity index (χ2n) is 11.0. The van der Waals surface area contributed by atoms with Crippen LogP contribution >= 0.6 is 31.0 Å².